The number of hydrogen-bond donors (Lipinski definition) is 0. The van der Waals surface area contributed by atoms with Crippen LogP contribution in [0.3, 0.4) is 0 Å². The molecule has 1 atom stereocenters. The van der Waals surface area contributed by atoms with E-state index >= 15 is 0 Å². The first-order chi connectivity index (χ1) is 11.5. The summed E-state index contributed by atoms with van der Waals surface area (Å²) < 4.78 is 4.71. The van der Waals surface area contributed by atoms with Crippen molar-refractivity contribution in [2.75, 3.05) is 7.11 Å². The molecule has 0 aliphatic heterocycles. The number of rotatable bonds is 5. The van der Waals surface area contributed by atoms with Crippen LogP contribution < -0.4 is 0 Å². The predicted molar refractivity (Wildman–Crippen MR) is 88.7 cm³/mol. The number of aryl methyl sites for hydroxylation is 2. The van der Waals surface area contributed by atoms with E-state index < -0.39 is 5.97 Å². The van der Waals surface area contributed by atoms with Gasteiger partial charge in [0.1, 0.15) is 5.69 Å². The van der Waals surface area contributed by atoms with Gasteiger partial charge in [0.25, 0.3) is 0 Å². The van der Waals surface area contributed by atoms with E-state index in [1.165, 1.54) is 12.7 Å². The van der Waals surface area contributed by atoms with Gasteiger partial charge in [-0.1, -0.05) is 30.3 Å². The van der Waals surface area contributed by atoms with Crippen LogP contribution in [-0.2, 0) is 20.7 Å². The van der Waals surface area contributed by atoms with Crippen LogP contribution in [0, 0.1) is 6.92 Å². The molecule has 1 aromatic carbocycles. The molecule has 0 N–H and O–H groups in total. The molecule has 0 fully saturated rings. The van der Waals surface area contributed by atoms with Gasteiger partial charge in [0.2, 0.25) is 0 Å². The summed E-state index contributed by atoms with van der Waals surface area (Å²) in [5, 5.41) is -0.157. The van der Waals surface area contributed by atoms with Gasteiger partial charge in [-0.3, -0.25) is 0 Å². The molecule has 6 heteroatoms. The Balaban J connectivity index is 0.000000891. The van der Waals surface area contributed by atoms with Crippen LogP contribution in [0.25, 0.3) is 0 Å². The van der Waals surface area contributed by atoms with E-state index in [-0.39, 0.29) is 11.5 Å². The summed E-state index contributed by atoms with van der Waals surface area (Å²) in [5.41, 5.74) is 3.22. The predicted octanol–water partition coefficient (Wildman–Crippen LogP) is 3.51. The zero-order valence-corrected chi connectivity index (χ0v) is 14.2. The summed E-state index contributed by atoms with van der Waals surface area (Å²) in [6.07, 6.45) is 1.94. The van der Waals surface area contributed by atoms with E-state index in [1.807, 2.05) is 31.2 Å². The van der Waals surface area contributed by atoms with Gasteiger partial charge in [-0.05, 0) is 43.0 Å². The second-order valence-electron chi connectivity index (χ2n) is 4.99. The number of pyridine rings is 1. The van der Waals surface area contributed by atoms with Crippen LogP contribution in [0.1, 0.15) is 39.1 Å². The summed E-state index contributed by atoms with van der Waals surface area (Å²) in [6, 6.07) is 13.8. The molecule has 1 aromatic heterocycles. The van der Waals surface area contributed by atoms with Crippen LogP contribution in [0.4, 0.5) is 0 Å². The van der Waals surface area contributed by atoms with E-state index in [9.17, 15) is 4.79 Å². The highest BCUT2D eigenvalue weighted by Gasteiger charge is 2.14. The Morgan fingerprint density at radius 2 is 1.88 bits per heavy atom. The first-order valence-electron chi connectivity index (χ1n) is 7.26. The maximum atomic E-state index is 11.6. The number of esters is 1. The Labute approximate surface area is 145 Å². The van der Waals surface area contributed by atoms with Crippen molar-refractivity contribution in [1.29, 1.82) is 0 Å². The molecule has 24 heavy (non-hydrogen) atoms. The topological polar surface area (TPSA) is 73.3 Å². The molecular formula is C18H18ClNO4. The fourth-order valence-electron chi connectivity index (χ4n) is 2.19. The summed E-state index contributed by atoms with van der Waals surface area (Å²) in [4.78, 5) is 32.0. The lowest BCUT2D eigenvalue weighted by Gasteiger charge is -2.12. The standard InChI is InChI=1S/C17H18ClNO2.CO2/c1-12-10-14(11-16(19-12)17(20)21-2)15(18)9-8-13-6-4-3-5-7-13;2-1-3/h3-7,10-11,15H,8-9H2,1-2H3;. The zero-order valence-electron chi connectivity index (χ0n) is 13.5. The molecule has 0 spiro atoms. The molecule has 2 rings (SSSR count). The fourth-order valence-corrected chi connectivity index (χ4v) is 2.43. The van der Waals surface area contributed by atoms with Gasteiger partial charge >= 0.3 is 12.1 Å². The second-order valence-corrected chi connectivity index (χ2v) is 5.52. The van der Waals surface area contributed by atoms with Gasteiger partial charge in [-0.15, -0.1) is 11.6 Å². The van der Waals surface area contributed by atoms with Crippen LogP contribution in [0.5, 0.6) is 0 Å². The van der Waals surface area contributed by atoms with Crippen molar-refractivity contribution >= 4 is 23.7 Å². The van der Waals surface area contributed by atoms with Gasteiger partial charge < -0.3 is 4.74 Å². The highest BCUT2D eigenvalue weighted by molar-refractivity contribution is 6.20. The van der Waals surface area contributed by atoms with Gasteiger partial charge in [-0.2, -0.15) is 9.59 Å². The average Bonchev–Trinajstić information content (AvgIpc) is 2.60. The van der Waals surface area contributed by atoms with E-state index in [0.29, 0.717) is 5.69 Å². The number of benzene rings is 1. The molecule has 5 nitrogen and oxygen atoms in total. The number of alkyl halides is 1. The van der Waals surface area contributed by atoms with Crippen LogP contribution in [0.2, 0.25) is 0 Å². The second kappa shape index (κ2) is 10.3. The molecule has 0 saturated carbocycles. The van der Waals surface area contributed by atoms with E-state index in [2.05, 4.69) is 17.1 Å². The Hall–Kier alpha value is -2.49. The van der Waals surface area contributed by atoms with E-state index in [1.54, 1.807) is 6.07 Å². The SMILES string of the molecule is COC(=O)c1cc(C(Cl)CCc2ccccc2)cc(C)n1.O=C=O. The van der Waals surface area contributed by atoms with E-state index in [4.69, 9.17) is 25.9 Å². The molecule has 0 aliphatic carbocycles. The number of carbonyl (C=O) groups is 1. The molecule has 2 aromatic rings. The highest BCUT2D eigenvalue weighted by atomic mass is 35.5. The smallest absolute Gasteiger partial charge is 0.373 e. The van der Waals surface area contributed by atoms with Crippen molar-refractivity contribution < 1.29 is 19.1 Å². The minimum Gasteiger partial charge on any atom is -0.464 e. The molecular weight excluding hydrogens is 330 g/mol. The van der Waals surface area contributed by atoms with Crippen molar-refractivity contribution in [3.63, 3.8) is 0 Å². The Morgan fingerprint density at radius 1 is 1.25 bits per heavy atom. The number of hydrogen-bond acceptors (Lipinski definition) is 5. The number of ether oxygens (including phenoxy) is 1. The zero-order chi connectivity index (χ0) is 17.9. The molecule has 0 radical (unpaired) electrons. The molecule has 0 aliphatic rings. The third kappa shape index (κ3) is 6.32. The van der Waals surface area contributed by atoms with Crippen molar-refractivity contribution in [2.24, 2.45) is 0 Å². The summed E-state index contributed by atoms with van der Waals surface area (Å²) in [7, 11) is 1.35. The largest absolute Gasteiger partial charge is 0.464 e. The Bertz CT molecular complexity index is 697. The maximum Gasteiger partial charge on any atom is 0.373 e. The fraction of sp³-hybridized carbons (Fsp3) is 0.278. The first-order valence-corrected chi connectivity index (χ1v) is 7.69. The van der Waals surface area contributed by atoms with Gasteiger partial charge in [0, 0.05) is 5.69 Å². The lowest BCUT2D eigenvalue weighted by atomic mass is 10.0. The monoisotopic (exact) mass is 347 g/mol. The van der Waals surface area contributed by atoms with Crippen molar-refractivity contribution in [3.05, 3.63) is 65.0 Å². The summed E-state index contributed by atoms with van der Waals surface area (Å²) in [6.45, 7) is 1.84. The molecule has 0 bridgehead atoms. The molecule has 0 saturated heterocycles. The lowest BCUT2D eigenvalue weighted by Crippen LogP contribution is -2.07. The molecule has 1 unspecified atom stereocenters. The first kappa shape index (κ1) is 19.6. The number of carbonyl (C=O) groups excluding carboxylic acids is 3. The molecule has 1 heterocycles. The number of halogens is 1. The summed E-state index contributed by atoms with van der Waals surface area (Å²) >= 11 is 6.47. The van der Waals surface area contributed by atoms with Gasteiger partial charge in [0.15, 0.2) is 0 Å². The number of methoxy groups -OCH3 is 1. The van der Waals surface area contributed by atoms with Crippen molar-refractivity contribution in [2.45, 2.75) is 25.1 Å². The minimum atomic E-state index is -0.438. The number of nitrogens with zero attached hydrogens (tertiary/aromatic N) is 1. The van der Waals surface area contributed by atoms with E-state index in [0.717, 1.165) is 24.1 Å². The highest BCUT2D eigenvalue weighted by Crippen LogP contribution is 2.27. The summed E-state index contributed by atoms with van der Waals surface area (Å²) in [5.74, 6) is -0.438. The average molecular weight is 348 g/mol. The maximum absolute atomic E-state index is 11.6. The third-order valence-corrected chi connectivity index (χ3v) is 3.73. The quantitative estimate of drug-likeness (QED) is 0.611. The van der Waals surface area contributed by atoms with Crippen LogP contribution >= 0.6 is 11.6 Å². The molecule has 0 amide bonds. The molecule has 126 valence electrons. The van der Waals surface area contributed by atoms with Gasteiger partial charge in [0.05, 0.1) is 12.5 Å². The lowest BCUT2D eigenvalue weighted by molar-refractivity contribution is -0.191. The third-order valence-electron chi connectivity index (χ3n) is 3.26. The Morgan fingerprint density at radius 3 is 2.46 bits per heavy atom. The van der Waals surface area contributed by atoms with Crippen molar-refractivity contribution in [1.82, 2.24) is 4.98 Å². The Kier molecular flexibility index (Phi) is 8.41. The minimum absolute atomic E-state index is 0.157. The van der Waals surface area contributed by atoms with Crippen LogP contribution in [0.15, 0.2) is 42.5 Å². The van der Waals surface area contributed by atoms with Gasteiger partial charge in [-0.25, -0.2) is 9.78 Å². The number of aromatic nitrogens is 1. The van der Waals surface area contributed by atoms with Crippen molar-refractivity contribution in [3.8, 4) is 0 Å². The van der Waals surface area contributed by atoms with Crippen LogP contribution in [-0.4, -0.2) is 24.2 Å². The normalized spacial score (nSPS) is 10.8.